The molecule has 1 aliphatic rings. The second-order valence-electron chi connectivity index (χ2n) is 6.42. The summed E-state index contributed by atoms with van der Waals surface area (Å²) >= 11 is 0. The van der Waals surface area contributed by atoms with Gasteiger partial charge in [-0.25, -0.2) is 4.39 Å². The molecule has 0 amide bonds. The number of nitrogens with zero attached hydrogens (tertiary/aromatic N) is 1. The Balaban J connectivity index is 1.54. The smallest absolute Gasteiger partial charge is 0.371 e. The number of alkyl halides is 3. The van der Waals surface area contributed by atoms with Crippen molar-refractivity contribution < 1.29 is 35.0 Å². The average Bonchev–Trinajstić information content (AvgIpc) is 2.57. The lowest BCUT2D eigenvalue weighted by Gasteiger charge is -2.36. The monoisotopic (exact) mass is 419 g/mol. The normalized spacial score (nSPS) is 16.2. The first-order valence-corrected chi connectivity index (χ1v) is 9.69. The summed E-state index contributed by atoms with van der Waals surface area (Å²) in [6, 6.07) is 8.49. The van der Waals surface area contributed by atoms with Gasteiger partial charge >= 0.3 is 16.3 Å². The molecule has 3 rings (SSSR count). The van der Waals surface area contributed by atoms with Crippen LogP contribution in [0.3, 0.4) is 0 Å². The molecular weight excluding hydrogens is 402 g/mol. The van der Waals surface area contributed by atoms with Gasteiger partial charge in [0.15, 0.2) is 0 Å². The van der Waals surface area contributed by atoms with Crippen LogP contribution >= 0.6 is 0 Å². The fourth-order valence-corrected chi connectivity index (χ4v) is 3.55. The Hall–Kier alpha value is -2.01. The molecule has 0 aliphatic carbocycles. The van der Waals surface area contributed by atoms with Gasteiger partial charge in [-0.3, -0.25) is 0 Å². The summed E-state index contributed by atoms with van der Waals surface area (Å²) in [5, 5.41) is 1.15. The van der Waals surface area contributed by atoms with Crippen molar-refractivity contribution in [2.45, 2.75) is 30.7 Å². The predicted molar refractivity (Wildman–Crippen MR) is 91.0 cm³/mol. The lowest BCUT2D eigenvalue weighted by atomic mass is 10.1. The van der Waals surface area contributed by atoms with E-state index in [2.05, 4.69) is 0 Å². The quantitative estimate of drug-likeness (QED) is 0.669. The van der Waals surface area contributed by atoms with E-state index in [1.807, 2.05) is 6.92 Å². The zero-order valence-corrected chi connectivity index (χ0v) is 15.6. The van der Waals surface area contributed by atoms with E-state index in [0.717, 1.165) is 22.8 Å². The number of halogens is 4. The van der Waals surface area contributed by atoms with Crippen molar-refractivity contribution in [2.24, 2.45) is 0 Å². The standard InChI is InChI=1S/C18H17F4NO4S/c1-12-2-6-16(7-3-12)28(24,25)27-23-9-15(10-23)26-11-13-4-5-14(19)8-17(13)18(20,21)22/h2-8,15H,9-11H2,1H3. The topological polar surface area (TPSA) is 55.8 Å². The minimum Gasteiger partial charge on any atom is -0.371 e. The predicted octanol–water partition coefficient (Wildman–Crippen LogP) is 3.67. The molecule has 1 heterocycles. The summed E-state index contributed by atoms with van der Waals surface area (Å²) in [5.41, 5.74) is -0.391. The highest BCUT2D eigenvalue weighted by atomic mass is 32.2. The molecule has 0 radical (unpaired) electrons. The molecule has 1 saturated heterocycles. The van der Waals surface area contributed by atoms with Crippen molar-refractivity contribution in [1.29, 1.82) is 0 Å². The van der Waals surface area contributed by atoms with E-state index in [9.17, 15) is 26.0 Å². The number of aryl methyl sites for hydroxylation is 1. The van der Waals surface area contributed by atoms with E-state index < -0.39 is 33.8 Å². The molecule has 0 unspecified atom stereocenters. The van der Waals surface area contributed by atoms with Gasteiger partial charge in [-0.2, -0.15) is 30.9 Å². The molecule has 0 spiro atoms. The molecule has 28 heavy (non-hydrogen) atoms. The molecule has 0 atom stereocenters. The fourth-order valence-electron chi connectivity index (χ4n) is 2.60. The summed E-state index contributed by atoms with van der Waals surface area (Å²) in [5.74, 6) is -0.986. The summed E-state index contributed by atoms with van der Waals surface area (Å²) in [4.78, 5) is 0.00333. The van der Waals surface area contributed by atoms with Crippen molar-refractivity contribution in [1.82, 2.24) is 5.06 Å². The Morgan fingerprint density at radius 1 is 1.11 bits per heavy atom. The Morgan fingerprint density at radius 2 is 1.75 bits per heavy atom. The van der Waals surface area contributed by atoms with Crippen LogP contribution in [0.4, 0.5) is 17.6 Å². The molecule has 0 saturated carbocycles. The van der Waals surface area contributed by atoms with E-state index in [-0.39, 0.29) is 30.2 Å². The highest BCUT2D eigenvalue weighted by molar-refractivity contribution is 7.86. The largest absolute Gasteiger partial charge is 0.416 e. The second kappa shape index (κ2) is 7.78. The molecular formula is C18H17F4NO4S. The lowest BCUT2D eigenvalue weighted by molar-refractivity contribution is -0.185. The van der Waals surface area contributed by atoms with Crippen LogP contribution in [-0.2, 0) is 31.9 Å². The number of rotatable bonds is 6. The van der Waals surface area contributed by atoms with E-state index in [4.69, 9.17) is 9.02 Å². The van der Waals surface area contributed by atoms with E-state index >= 15 is 0 Å². The van der Waals surface area contributed by atoms with Crippen molar-refractivity contribution >= 4 is 10.1 Å². The van der Waals surface area contributed by atoms with Gasteiger partial charge in [-0.05, 0) is 36.8 Å². The molecule has 1 aliphatic heterocycles. The summed E-state index contributed by atoms with van der Waals surface area (Å²) in [7, 11) is -3.98. The van der Waals surface area contributed by atoms with Crippen LogP contribution in [0, 0.1) is 12.7 Å². The summed E-state index contributed by atoms with van der Waals surface area (Å²) < 4.78 is 86.6. The average molecular weight is 419 g/mol. The molecule has 1 fully saturated rings. The molecule has 0 N–H and O–H groups in total. The van der Waals surface area contributed by atoms with Crippen LogP contribution in [0.5, 0.6) is 0 Å². The fraction of sp³-hybridized carbons (Fsp3) is 0.333. The van der Waals surface area contributed by atoms with Crippen LogP contribution in [0.15, 0.2) is 47.4 Å². The highest BCUT2D eigenvalue weighted by Crippen LogP contribution is 2.33. The van der Waals surface area contributed by atoms with Crippen LogP contribution in [-0.4, -0.2) is 32.7 Å². The number of hydrogen-bond acceptors (Lipinski definition) is 5. The van der Waals surface area contributed by atoms with Gasteiger partial charge in [0, 0.05) is 0 Å². The SMILES string of the molecule is Cc1ccc(S(=O)(=O)ON2CC(OCc3ccc(F)cc3C(F)(F)F)C2)cc1. The minimum absolute atomic E-state index is 0.00333. The first-order chi connectivity index (χ1) is 13.0. The van der Waals surface area contributed by atoms with Crippen LogP contribution in [0.2, 0.25) is 0 Å². The van der Waals surface area contributed by atoms with Crippen molar-refractivity contribution in [3.8, 4) is 0 Å². The lowest BCUT2D eigenvalue weighted by Crippen LogP contribution is -2.52. The van der Waals surface area contributed by atoms with E-state index in [1.165, 1.54) is 12.1 Å². The van der Waals surface area contributed by atoms with E-state index in [1.54, 1.807) is 12.1 Å². The Morgan fingerprint density at radius 3 is 2.36 bits per heavy atom. The van der Waals surface area contributed by atoms with E-state index in [0.29, 0.717) is 6.07 Å². The van der Waals surface area contributed by atoms with Crippen LogP contribution in [0.1, 0.15) is 16.7 Å². The molecule has 2 aromatic carbocycles. The van der Waals surface area contributed by atoms with Crippen LogP contribution in [0.25, 0.3) is 0 Å². The molecule has 152 valence electrons. The second-order valence-corrected chi connectivity index (χ2v) is 7.95. The van der Waals surface area contributed by atoms with Gasteiger partial charge in [0.1, 0.15) is 5.82 Å². The van der Waals surface area contributed by atoms with Gasteiger partial charge in [-0.15, -0.1) is 0 Å². The van der Waals surface area contributed by atoms with Crippen LogP contribution < -0.4 is 0 Å². The number of hydrogen-bond donors (Lipinski definition) is 0. The highest BCUT2D eigenvalue weighted by Gasteiger charge is 2.36. The van der Waals surface area contributed by atoms with Crippen molar-refractivity contribution in [2.75, 3.05) is 13.1 Å². The van der Waals surface area contributed by atoms with Gasteiger partial charge in [0.05, 0.1) is 36.3 Å². The van der Waals surface area contributed by atoms with Crippen molar-refractivity contribution in [3.05, 3.63) is 65.0 Å². The summed E-state index contributed by atoms with van der Waals surface area (Å²) in [6.07, 6.45) is -5.20. The molecule has 0 bridgehead atoms. The van der Waals surface area contributed by atoms with Crippen molar-refractivity contribution in [3.63, 3.8) is 0 Å². The Labute approximate surface area is 159 Å². The zero-order chi connectivity index (χ0) is 20.5. The Bertz CT molecular complexity index is 939. The minimum atomic E-state index is -4.70. The summed E-state index contributed by atoms with van der Waals surface area (Å²) in [6.45, 7) is 1.60. The maximum absolute atomic E-state index is 13.1. The zero-order valence-electron chi connectivity index (χ0n) is 14.7. The first-order valence-electron chi connectivity index (χ1n) is 8.28. The third-order valence-electron chi connectivity index (χ3n) is 4.18. The number of ether oxygens (including phenoxy) is 1. The number of hydroxylamine groups is 2. The third-order valence-corrected chi connectivity index (χ3v) is 5.44. The maximum Gasteiger partial charge on any atom is 0.416 e. The first kappa shape index (κ1) is 20.7. The molecule has 2 aromatic rings. The van der Waals surface area contributed by atoms with Gasteiger partial charge in [0.25, 0.3) is 0 Å². The van der Waals surface area contributed by atoms with Gasteiger partial charge in [-0.1, -0.05) is 23.8 Å². The third kappa shape index (κ3) is 4.88. The Kier molecular flexibility index (Phi) is 5.76. The van der Waals surface area contributed by atoms with Gasteiger partial charge < -0.3 is 4.74 Å². The molecule has 0 aromatic heterocycles. The molecule has 10 heteroatoms. The maximum atomic E-state index is 13.1. The van der Waals surface area contributed by atoms with Gasteiger partial charge in [0.2, 0.25) is 0 Å². The number of benzene rings is 2. The molecule has 5 nitrogen and oxygen atoms in total.